The monoisotopic (exact) mass is 413 g/mol. The Kier molecular flexibility index (Phi) is 5.00. The molecule has 0 spiro atoms. The Hall–Kier alpha value is -3.87. The Morgan fingerprint density at radius 3 is 2.48 bits per heavy atom. The van der Waals surface area contributed by atoms with Gasteiger partial charge in [-0.3, -0.25) is 9.36 Å². The molecule has 3 heterocycles. The number of aromatic nitrogens is 3. The number of ether oxygens (including phenoxy) is 1. The quantitative estimate of drug-likeness (QED) is 0.513. The minimum absolute atomic E-state index is 0.0381. The summed E-state index contributed by atoms with van der Waals surface area (Å²) in [4.78, 5) is 26.3. The number of carbonyl (C=O) groups excluding carboxylic acids is 1. The minimum atomic E-state index is 0.0381. The topological polar surface area (TPSA) is 63.5 Å². The molecule has 0 unspecified atom stereocenters. The number of para-hydroxylation sites is 1. The Labute approximate surface area is 180 Å². The number of nitrogens with zero attached hydrogens (tertiary/aromatic N) is 5. The van der Waals surface area contributed by atoms with Crippen molar-refractivity contribution in [1.82, 2.24) is 19.4 Å². The van der Waals surface area contributed by atoms with E-state index in [0.29, 0.717) is 24.6 Å². The van der Waals surface area contributed by atoms with Crippen molar-refractivity contribution >= 4 is 22.5 Å². The highest BCUT2D eigenvalue weighted by molar-refractivity contribution is 6.07. The number of methoxy groups -OCH3 is 1. The van der Waals surface area contributed by atoms with Crippen molar-refractivity contribution in [2.75, 3.05) is 38.2 Å². The lowest BCUT2D eigenvalue weighted by Crippen LogP contribution is -2.48. The molecule has 0 aliphatic carbocycles. The summed E-state index contributed by atoms with van der Waals surface area (Å²) in [6.45, 7) is 2.88. The molecule has 31 heavy (non-hydrogen) atoms. The van der Waals surface area contributed by atoms with Gasteiger partial charge in [-0.15, -0.1) is 0 Å². The lowest BCUT2D eigenvalue weighted by molar-refractivity contribution is 0.0748. The molecule has 0 atom stereocenters. The van der Waals surface area contributed by atoms with E-state index in [0.717, 1.165) is 35.4 Å². The Morgan fingerprint density at radius 1 is 0.935 bits per heavy atom. The van der Waals surface area contributed by atoms with Crippen LogP contribution in [0.1, 0.15) is 10.4 Å². The highest BCUT2D eigenvalue weighted by atomic mass is 16.5. The van der Waals surface area contributed by atoms with Gasteiger partial charge in [-0.2, -0.15) is 0 Å². The maximum absolute atomic E-state index is 13.4. The molecule has 1 fully saturated rings. The van der Waals surface area contributed by atoms with Crippen LogP contribution in [-0.2, 0) is 0 Å². The van der Waals surface area contributed by atoms with Gasteiger partial charge in [-0.1, -0.05) is 24.3 Å². The summed E-state index contributed by atoms with van der Waals surface area (Å²) in [6.07, 6.45) is 5.27. The summed E-state index contributed by atoms with van der Waals surface area (Å²) in [5.41, 5.74) is 2.72. The van der Waals surface area contributed by atoms with Crippen LogP contribution in [-0.4, -0.2) is 58.6 Å². The van der Waals surface area contributed by atoms with Crippen molar-refractivity contribution in [3.05, 3.63) is 78.8 Å². The summed E-state index contributed by atoms with van der Waals surface area (Å²) in [6, 6.07) is 17.7. The summed E-state index contributed by atoms with van der Waals surface area (Å²) in [5.74, 6) is 1.43. The zero-order valence-corrected chi connectivity index (χ0v) is 17.3. The van der Waals surface area contributed by atoms with Gasteiger partial charge in [-0.25, -0.2) is 9.97 Å². The summed E-state index contributed by atoms with van der Waals surface area (Å²) < 4.78 is 7.22. The first-order valence-electron chi connectivity index (χ1n) is 10.3. The molecule has 0 saturated carbocycles. The maximum atomic E-state index is 13.4. The highest BCUT2D eigenvalue weighted by Crippen LogP contribution is 2.26. The predicted molar refractivity (Wildman–Crippen MR) is 120 cm³/mol. The first-order valence-corrected chi connectivity index (χ1v) is 10.3. The van der Waals surface area contributed by atoms with Gasteiger partial charge in [0.05, 0.1) is 18.2 Å². The molecule has 1 saturated heterocycles. The number of hydrogen-bond acceptors (Lipinski definition) is 5. The number of anilines is 1. The fourth-order valence-electron chi connectivity index (χ4n) is 4.08. The van der Waals surface area contributed by atoms with Crippen molar-refractivity contribution in [3.63, 3.8) is 0 Å². The molecule has 0 N–H and O–H groups in total. The first-order chi connectivity index (χ1) is 15.2. The van der Waals surface area contributed by atoms with Crippen molar-refractivity contribution in [2.45, 2.75) is 0 Å². The van der Waals surface area contributed by atoms with Crippen LogP contribution in [0.3, 0.4) is 0 Å². The second kappa shape index (κ2) is 8.10. The van der Waals surface area contributed by atoms with Gasteiger partial charge in [0.25, 0.3) is 5.91 Å². The lowest BCUT2D eigenvalue weighted by atomic mass is 10.1. The van der Waals surface area contributed by atoms with Crippen LogP contribution in [0.2, 0.25) is 0 Å². The van der Waals surface area contributed by atoms with Crippen LogP contribution in [0, 0.1) is 0 Å². The lowest BCUT2D eigenvalue weighted by Gasteiger charge is -2.36. The maximum Gasteiger partial charge on any atom is 0.256 e. The summed E-state index contributed by atoms with van der Waals surface area (Å²) >= 11 is 0. The number of amides is 1. The van der Waals surface area contributed by atoms with E-state index in [1.54, 1.807) is 25.6 Å². The molecule has 1 aliphatic heterocycles. The molecule has 2 aromatic heterocycles. The molecule has 7 heteroatoms. The van der Waals surface area contributed by atoms with E-state index in [4.69, 9.17) is 4.74 Å². The van der Waals surface area contributed by atoms with Gasteiger partial charge in [0.2, 0.25) is 5.95 Å². The van der Waals surface area contributed by atoms with Crippen LogP contribution < -0.4 is 9.64 Å². The predicted octanol–water partition coefficient (Wildman–Crippen LogP) is 3.39. The number of benzene rings is 2. The second-order valence-corrected chi connectivity index (χ2v) is 7.46. The van der Waals surface area contributed by atoms with E-state index in [2.05, 4.69) is 20.9 Å². The SMILES string of the molecule is COc1cccc(N2CCN(C(=O)c3cn(-c4ncccn4)c4ccccc34)CC2)c1. The van der Waals surface area contributed by atoms with Gasteiger partial charge in [-0.05, 0) is 24.3 Å². The molecule has 1 aliphatic rings. The summed E-state index contributed by atoms with van der Waals surface area (Å²) in [7, 11) is 1.67. The van der Waals surface area contributed by atoms with E-state index < -0.39 is 0 Å². The van der Waals surface area contributed by atoms with Crippen molar-refractivity contribution in [1.29, 1.82) is 0 Å². The van der Waals surface area contributed by atoms with Gasteiger partial charge in [0.15, 0.2) is 0 Å². The number of carbonyl (C=O) groups is 1. The van der Waals surface area contributed by atoms with E-state index in [9.17, 15) is 4.79 Å². The molecule has 4 aromatic rings. The fraction of sp³-hybridized carbons (Fsp3) is 0.208. The summed E-state index contributed by atoms with van der Waals surface area (Å²) in [5, 5.41) is 0.912. The first kappa shape index (κ1) is 19.1. The average molecular weight is 413 g/mol. The number of hydrogen-bond donors (Lipinski definition) is 0. The second-order valence-electron chi connectivity index (χ2n) is 7.46. The van der Waals surface area contributed by atoms with Crippen molar-refractivity contribution in [3.8, 4) is 11.7 Å². The Balaban J connectivity index is 1.39. The van der Waals surface area contributed by atoms with Gasteiger partial charge in [0, 0.05) is 61.9 Å². The van der Waals surface area contributed by atoms with Gasteiger partial charge < -0.3 is 14.5 Å². The minimum Gasteiger partial charge on any atom is -0.497 e. The molecule has 7 nitrogen and oxygen atoms in total. The molecular formula is C24H23N5O2. The molecular weight excluding hydrogens is 390 g/mol. The van der Waals surface area contributed by atoms with Crippen LogP contribution in [0.15, 0.2) is 73.2 Å². The molecule has 2 aromatic carbocycles. The van der Waals surface area contributed by atoms with Gasteiger partial charge in [0.1, 0.15) is 5.75 Å². The van der Waals surface area contributed by atoms with Crippen LogP contribution >= 0.6 is 0 Å². The zero-order valence-electron chi connectivity index (χ0n) is 17.3. The molecule has 5 rings (SSSR count). The van der Waals surface area contributed by atoms with Crippen LogP contribution in [0.5, 0.6) is 5.75 Å². The Morgan fingerprint density at radius 2 is 1.71 bits per heavy atom. The zero-order chi connectivity index (χ0) is 21.2. The van der Waals surface area contributed by atoms with E-state index in [-0.39, 0.29) is 5.91 Å². The average Bonchev–Trinajstić information content (AvgIpc) is 3.24. The number of rotatable bonds is 4. The van der Waals surface area contributed by atoms with E-state index in [1.807, 2.05) is 58.1 Å². The van der Waals surface area contributed by atoms with Gasteiger partial charge >= 0.3 is 0 Å². The Bertz CT molecular complexity index is 1210. The molecule has 156 valence electrons. The van der Waals surface area contributed by atoms with Crippen molar-refractivity contribution < 1.29 is 9.53 Å². The standard InChI is InChI=1S/C24H23N5O2/c1-31-19-7-4-6-18(16-19)27-12-14-28(15-13-27)23(30)21-17-29(24-25-10-5-11-26-24)22-9-3-2-8-20(21)22/h2-11,16-17H,12-15H2,1H3. The third-order valence-electron chi connectivity index (χ3n) is 5.70. The largest absolute Gasteiger partial charge is 0.497 e. The molecule has 1 amide bonds. The van der Waals surface area contributed by atoms with E-state index in [1.165, 1.54) is 0 Å². The van der Waals surface area contributed by atoms with Crippen LogP contribution in [0.4, 0.5) is 5.69 Å². The van der Waals surface area contributed by atoms with Crippen molar-refractivity contribution in [2.24, 2.45) is 0 Å². The third-order valence-corrected chi connectivity index (χ3v) is 5.70. The number of piperazine rings is 1. The number of fused-ring (bicyclic) bond motifs is 1. The third kappa shape index (κ3) is 3.59. The van der Waals surface area contributed by atoms with Crippen LogP contribution in [0.25, 0.3) is 16.9 Å². The smallest absolute Gasteiger partial charge is 0.256 e. The fourth-order valence-corrected chi connectivity index (χ4v) is 4.08. The molecule has 0 radical (unpaired) electrons. The normalized spacial score (nSPS) is 14.1. The highest BCUT2D eigenvalue weighted by Gasteiger charge is 2.25. The molecule has 0 bridgehead atoms. The van der Waals surface area contributed by atoms with E-state index >= 15 is 0 Å².